The van der Waals surface area contributed by atoms with Crippen LogP contribution in [0.2, 0.25) is 0 Å². The molecule has 4 rings (SSSR count). The van der Waals surface area contributed by atoms with Crippen molar-refractivity contribution in [2.45, 2.75) is 26.2 Å². The molecule has 0 fully saturated rings. The second-order valence-corrected chi connectivity index (χ2v) is 5.96. The molecule has 0 spiro atoms. The SMILES string of the molecule is CCC1=Cc2ccccc2C1C1=C(C)[CH]c2ccccc21. The summed E-state index contributed by atoms with van der Waals surface area (Å²) in [5.41, 5.74) is 10.1. The van der Waals surface area contributed by atoms with Gasteiger partial charge in [-0.1, -0.05) is 72.7 Å². The third-order valence-corrected chi connectivity index (χ3v) is 4.76. The highest BCUT2D eigenvalue weighted by molar-refractivity contribution is 5.89. The lowest BCUT2D eigenvalue weighted by atomic mass is 9.83. The van der Waals surface area contributed by atoms with Crippen molar-refractivity contribution in [3.63, 3.8) is 0 Å². The van der Waals surface area contributed by atoms with Crippen molar-refractivity contribution >= 4 is 11.6 Å². The van der Waals surface area contributed by atoms with E-state index in [1.165, 1.54) is 39.0 Å². The lowest BCUT2D eigenvalue weighted by molar-refractivity contribution is 0.952. The molecule has 1 radical (unpaired) electrons. The van der Waals surface area contributed by atoms with Gasteiger partial charge < -0.3 is 0 Å². The Morgan fingerprint density at radius 3 is 2.43 bits per heavy atom. The van der Waals surface area contributed by atoms with Crippen molar-refractivity contribution in [3.05, 3.63) is 88.4 Å². The number of allylic oxidation sites excluding steroid dienone is 3. The average molecular weight is 271 g/mol. The first-order valence-corrected chi connectivity index (χ1v) is 7.74. The standard InChI is InChI=1S/C21H19/c1-3-15-13-17-9-5-7-11-19(17)21(15)20-14(2)12-16-8-4-6-10-18(16)20/h4-13,21H,3H2,1-2H3. The minimum atomic E-state index is 0.436. The lowest BCUT2D eigenvalue weighted by Gasteiger charge is -2.20. The molecular formula is C21H19. The van der Waals surface area contributed by atoms with Crippen molar-refractivity contribution in [1.82, 2.24) is 0 Å². The zero-order chi connectivity index (χ0) is 14.4. The minimum absolute atomic E-state index is 0.436. The maximum absolute atomic E-state index is 2.39. The zero-order valence-electron chi connectivity index (χ0n) is 12.6. The van der Waals surface area contributed by atoms with Crippen molar-refractivity contribution in [2.24, 2.45) is 0 Å². The largest absolute Gasteiger partial charge is 0.0619 e. The molecule has 2 aliphatic rings. The van der Waals surface area contributed by atoms with E-state index in [0.29, 0.717) is 5.92 Å². The number of hydrogen-bond acceptors (Lipinski definition) is 0. The Morgan fingerprint density at radius 1 is 0.905 bits per heavy atom. The van der Waals surface area contributed by atoms with E-state index in [2.05, 4.69) is 74.9 Å². The monoisotopic (exact) mass is 271 g/mol. The Balaban J connectivity index is 1.91. The second-order valence-electron chi connectivity index (χ2n) is 5.96. The number of hydrogen-bond donors (Lipinski definition) is 0. The summed E-state index contributed by atoms with van der Waals surface area (Å²) in [7, 11) is 0. The van der Waals surface area contributed by atoms with E-state index in [-0.39, 0.29) is 0 Å². The normalized spacial score (nSPS) is 19.5. The van der Waals surface area contributed by atoms with Gasteiger partial charge in [0, 0.05) is 12.3 Å². The van der Waals surface area contributed by atoms with Gasteiger partial charge in [-0.15, -0.1) is 0 Å². The van der Waals surface area contributed by atoms with Crippen LogP contribution >= 0.6 is 0 Å². The van der Waals surface area contributed by atoms with E-state index in [1.54, 1.807) is 0 Å². The quantitative estimate of drug-likeness (QED) is 0.665. The molecule has 0 bridgehead atoms. The first kappa shape index (κ1) is 12.6. The Bertz CT molecular complexity index is 774. The molecule has 0 saturated carbocycles. The van der Waals surface area contributed by atoms with Gasteiger partial charge in [-0.25, -0.2) is 0 Å². The maximum atomic E-state index is 2.39. The molecule has 1 atom stereocenters. The third-order valence-electron chi connectivity index (χ3n) is 4.76. The highest BCUT2D eigenvalue weighted by atomic mass is 14.4. The summed E-state index contributed by atoms with van der Waals surface area (Å²) >= 11 is 0. The molecule has 0 heterocycles. The first-order valence-electron chi connectivity index (χ1n) is 7.74. The van der Waals surface area contributed by atoms with E-state index >= 15 is 0 Å². The smallest absolute Gasteiger partial charge is 0.0313 e. The summed E-state index contributed by atoms with van der Waals surface area (Å²) in [6.07, 6.45) is 5.83. The molecule has 2 aromatic rings. The van der Waals surface area contributed by atoms with Crippen molar-refractivity contribution < 1.29 is 0 Å². The van der Waals surface area contributed by atoms with Crippen LogP contribution in [0.4, 0.5) is 0 Å². The lowest BCUT2D eigenvalue weighted by Crippen LogP contribution is -2.02. The van der Waals surface area contributed by atoms with Crippen molar-refractivity contribution in [1.29, 1.82) is 0 Å². The molecule has 0 N–H and O–H groups in total. The highest BCUT2D eigenvalue weighted by Crippen LogP contribution is 2.50. The van der Waals surface area contributed by atoms with Crippen LogP contribution in [0.25, 0.3) is 11.6 Å². The molecule has 0 nitrogen and oxygen atoms in total. The molecule has 2 aromatic carbocycles. The first-order chi connectivity index (χ1) is 10.3. The molecular weight excluding hydrogens is 252 g/mol. The second kappa shape index (κ2) is 4.73. The Hall–Kier alpha value is -2.08. The average Bonchev–Trinajstić information content (AvgIpc) is 3.03. The van der Waals surface area contributed by atoms with Crippen LogP contribution < -0.4 is 0 Å². The summed E-state index contributed by atoms with van der Waals surface area (Å²) in [4.78, 5) is 0. The number of benzene rings is 2. The fraction of sp³-hybridized carbons (Fsp3) is 0.190. The summed E-state index contributed by atoms with van der Waals surface area (Å²) in [5.74, 6) is 0.436. The summed E-state index contributed by atoms with van der Waals surface area (Å²) in [6.45, 7) is 4.52. The summed E-state index contributed by atoms with van der Waals surface area (Å²) in [6, 6.07) is 17.6. The molecule has 2 aliphatic carbocycles. The molecule has 0 heteroatoms. The van der Waals surface area contributed by atoms with E-state index in [9.17, 15) is 0 Å². The van der Waals surface area contributed by atoms with Gasteiger partial charge in [0.1, 0.15) is 0 Å². The van der Waals surface area contributed by atoms with Crippen LogP contribution in [-0.2, 0) is 0 Å². The van der Waals surface area contributed by atoms with E-state index in [4.69, 9.17) is 0 Å². The van der Waals surface area contributed by atoms with E-state index in [0.717, 1.165) is 6.42 Å². The molecule has 0 amide bonds. The Labute approximate surface area is 126 Å². The number of fused-ring (bicyclic) bond motifs is 2. The maximum Gasteiger partial charge on any atom is 0.0313 e. The van der Waals surface area contributed by atoms with Gasteiger partial charge >= 0.3 is 0 Å². The zero-order valence-corrected chi connectivity index (χ0v) is 12.6. The van der Waals surface area contributed by atoms with Crippen LogP contribution in [0, 0.1) is 6.42 Å². The molecule has 103 valence electrons. The molecule has 0 saturated heterocycles. The Kier molecular flexibility index (Phi) is 2.85. The van der Waals surface area contributed by atoms with Gasteiger partial charge in [0.2, 0.25) is 0 Å². The highest BCUT2D eigenvalue weighted by Gasteiger charge is 2.32. The fourth-order valence-electron chi connectivity index (χ4n) is 3.81. The summed E-state index contributed by atoms with van der Waals surface area (Å²) in [5, 5.41) is 0. The fourth-order valence-corrected chi connectivity index (χ4v) is 3.81. The van der Waals surface area contributed by atoms with Gasteiger partial charge in [0.05, 0.1) is 0 Å². The summed E-state index contributed by atoms with van der Waals surface area (Å²) < 4.78 is 0. The molecule has 21 heavy (non-hydrogen) atoms. The van der Waals surface area contributed by atoms with Gasteiger partial charge in [0.25, 0.3) is 0 Å². The van der Waals surface area contributed by atoms with Crippen molar-refractivity contribution in [3.8, 4) is 0 Å². The predicted octanol–water partition coefficient (Wildman–Crippen LogP) is 5.62. The van der Waals surface area contributed by atoms with Crippen LogP contribution in [0.3, 0.4) is 0 Å². The number of rotatable bonds is 2. The predicted molar refractivity (Wildman–Crippen MR) is 89.9 cm³/mol. The van der Waals surface area contributed by atoms with Crippen LogP contribution in [0.1, 0.15) is 48.4 Å². The van der Waals surface area contributed by atoms with Crippen molar-refractivity contribution in [2.75, 3.05) is 0 Å². The minimum Gasteiger partial charge on any atom is -0.0619 e. The van der Waals surface area contributed by atoms with Gasteiger partial charge in [0.15, 0.2) is 0 Å². The Morgan fingerprint density at radius 2 is 1.62 bits per heavy atom. The van der Waals surface area contributed by atoms with E-state index in [1.807, 2.05) is 0 Å². The molecule has 0 aliphatic heterocycles. The van der Waals surface area contributed by atoms with E-state index < -0.39 is 0 Å². The molecule has 1 unspecified atom stereocenters. The van der Waals surface area contributed by atoms with Gasteiger partial charge in [-0.2, -0.15) is 0 Å². The third kappa shape index (κ3) is 1.82. The van der Waals surface area contributed by atoms with Gasteiger partial charge in [-0.3, -0.25) is 0 Å². The molecule has 0 aromatic heterocycles. The van der Waals surface area contributed by atoms with Crippen LogP contribution in [0.15, 0.2) is 59.7 Å². The van der Waals surface area contributed by atoms with Crippen LogP contribution in [-0.4, -0.2) is 0 Å². The van der Waals surface area contributed by atoms with Crippen LogP contribution in [0.5, 0.6) is 0 Å². The topological polar surface area (TPSA) is 0 Å². The van der Waals surface area contributed by atoms with Gasteiger partial charge in [-0.05, 0) is 41.2 Å².